The Morgan fingerprint density at radius 1 is 1.07 bits per heavy atom. The van der Waals surface area contributed by atoms with Gasteiger partial charge < -0.3 is 10.1 Å². The lowest BCUT2D eigenvalue weighted by molar-refractivity contribution is -0.124. The first-order valence-electron chi connectivity index (χ1n) is 9.76. The highest BCUT2D eigenvalue weighted by Crippen LogP contribution is 2.22. The van der Waals surface area contributed by atoms with Crippen LogP contribution in [0.5, 0.6) is 0 Å². The minimum Gasteiger partial charge on any atom is -0.451 e. The van der Waals surface area contributed by atoms with Gasteiger partial charge in [-0.25, -0.2) is 9.48 Å². The lowest BCUT2D eigenvalue weighted by Crippen LogP contribution is -2.35. The molecule has 1 amide bonds. The molecule has 0 fully saturated rings. The molecule has 3 aromatic rings. The molecular weight excluding hydrogens is 366 g/mol. The number of esters is 1. The van der Waals surface area contributed by atoms with Crippen LogP contribution in [0, 0.1) is 0 Å². The van der Waals surface area contributed by atoms with E-state index in [2.05, 4.69) is 17.3 Å². The number of amides is 1. The van der Waals surface area contributed by atoms with Crippen LogP contribution < -0.4 is 5.32 Å². The number of carbonyl (C=O) groups is 2. The number of rotatable bonds is 8. The maximum absolute atomic E-state index is 12.7. The van der Waals surface area contributed by atoms with Crippen molar-refractivity contribution in [3.63, 3.8) is 0 Å². The fraction of sp³-hybridized carbons (Fsp3) is 0.261. The molecule has 2 aromatic carbocycles. The van der Waals surface area contributed by atoms with Gasteiger partial charge in [-0.15, -0.1) is 0 Å². The molecule has 0 saturated carbocycles. The first-order chi connectivity index (χ1) is 14.1. The minimum atomic E-state index is -0.596. The summed E-state index contributed by atoms with van der Waals surface area (Å²) in [5.41, 5.74) is 2.55. The molecule has 0 bridgehead atoms. The molecule has 3 rings (SSSR count). The summed E-state index contributed by atoms with van der Waals surface area (Å²) >= 11 is 0. The van der Waals surface area contributed by atoms with Crippen molar-refractivity contribution in [1.29, 1.82) is 0 Å². The van der Waals surface area contributed by atoms with E-state index in [0.29, 0.717) is 5.69 Å². The summed E-state index contributed by atoms with van der Waals surface area (Å²) in [6, 6.07) is 20.7. The highest BCUT2D eigenvalue weighted by Gasteiger charge is 2.20. The normalized spacial score (nSPS) is 11.7. The van der Waals surface area contributed by atoms with Gasteiger partial charge in [-0.2, -0.15) is 5.10 Å². The average Bonchev–Trinajstić information content (AvgIpc) is 3.19. The second-order valence-electron chi connectivity index (χ2n) is 6.86. The molecule has 1 heterocycles. The van der Waals surface area contributed by atoms with Crippen molar-refractivity contribution in [3.05, 3.63) is 72.4 Å². The maximum atomic E-state index is 12.7. The fourth-order valence-corrected chi connectivity index (χ4v) is 3.07. The molecule has 0 radical (unpaired) electrons. The van der Waals surface area contributed by atoms with Crippen molar-refractivity contribution in [3.8, 4) is 16.9 Å². The number of nitrogens with zero attached hydrogens (tertiary/aromatic N) is 2. The molecule has 1 aromatic heterocycles. The second kappa shape index (κ2) is 9.68. The Hall–Kier alpha value is -3.41. The van der Waals surface area contributed by atoms with Gasteiger partial charge in [0.25, 0.3) is 5.91 Å². The topological polar surface area (TPSA) is 73.2 Å². The Balaban J connectivity index is 1.80. The van der Waals surface area contributed by atoms with Gasteiger partial charge in [-0.3, -0.25) is 4.79 Å². The molecule has 0 spiro atoms. The fourth-order valence-electron chi connectivity index (χ4n) is 3.07. The van der Waals surface area contributed by atoms with Gasteiger partial charge in [-0.05, 0) is 31.5 Å². The summed E-state index contributed by atoms with van der Waals surface area (Å²) in [5.74, 6) is -0.907. The molecule has 0 aliphatic heterocycles. The summed E-state index contributed by atoms with van der Waals surface area (Å²) in [6.45, 7) is 3.66. The Morgan fingerprint density at radius 3 is 2.38 bits per heavy atom. The molecule has 6 heteroatoms. The van der Waals surface area contributed by atoms with Crippen molar-refractivity contribution in [2.75, 3.05) is 6.61 Å². The molecule has 0 aliphatic carbocycles. The van der Waals surface area contributed by atoms with E-state index in [0.717, 1.165) is 24.1 Å². The van der Waals surface area contributed by atoms with Crippen molar-refractivity contribution in [2.45, 2.75) is 32.7 Å². The van der Waals surface area contributed by atoms with Gasteiger partial charge in [-0.1, -0.05) is 61.9 Å². The van der Waals surface area contributed by atoms with Crippen LogP contribution in [0.2, 0.25) is 0 Å². The number of aromatic nitrogens is 2. The van der Waals surface area contributed by atoms with Crippen molar-refractivity contribution in [1.82, 2.24) is 15.1 Å². The van der Waals surface area contributed by atoms with Crippen LogP contribution in [-0.4, -0.2) is 34.3 Å². The van der Waals surface area contributed by atoms with Crippen LogP contribution in [0.1, 0.15) is 37.2 Å². The summed E-state index contributed by atoms with van der Waals surface area (Å²) in [6.07, 6.45) is 1.85. The van der Waals surface area contributed by atoms with Gasteiger partial charge in [0.2, 0.25) is 0 Å². The first-order valence-corrected chi connectivity index (χ1v) is 9.76. The molecule has 0 saturated heterocycles. The first kappa shape index (κ1) is 20.3. The van der Waals surface area contributed by atoms with E-state index in [1.165, 1.54) is 0 Å². The monoisotopic (exact) mass is 391 g/mol. The number of carbonyl (C=O) groups excluding carboxylic acids is 2. The predicted octanol–water partition coefficient (Wildman–Crippen LogP) is 4.00. The van der Waals surface area contributed by atoms with Crippen LogP contribution >= 0.6 is 0 Å². The largest absolute Gasteiger partial charge is 0.451 e. The molecule has 0 aliphatic rings. The highest BCUT2D eigenvalue weighted by atomic mass is 16.5. The summed E-state index contributed by atoms with van der Waals surface area (Å²) in [4.78, 5) is 24.8. The van der Waals surface area contributed by atoms with Gasteiger partial charge in [0.05, 0.1) is 11.4 Å². The number of para-hydroxylation sites is 1. The van der Waals surface area contributed by atoms with Crippen LogP contribution in [0.25, 0.3) is 16.9 Å². The van der Waals surface area contributed by atoms with Crippen molar-refractivity contribution >= 4 is 11.9 Å². The Labute approximate surface area is 170 Å². The van der Waals surface area contributed by atoms with Gasteiger partial charge >= 0.3 is 5.97 Å². The number of benzene rings is 2. The quantitative estimate of drug-likeness (QED) is 0.589. The SMILES string of the molecule is CCCC(C)NC(=O)COC(=O)c1cc(-c2ccccc2)nn1-c1ccccc1. The molecule has 1 N–H and O–H groups in total. The van der Waals surface area contributed by atoms with E-state index in [4.69, 9.17) is 4.74 Å². The molecule has 1 unspecified atom stereocenters. The minimum absolute atomic E-state index is 0.0470. The molecule has 150 valence electrons. The van der Waals surface area contributed by atoms with Crippen LogP contribution in [-0.2, 0) is 9.53 Å². The standard InChI is InChI=1S/C23H25N3O3/c1-3-10-17(2)24-22(27)16-29-23(28)21-15-20(18-11-6-4-7-12-18)25-26(21)19-13-8-5-9-14-19/h4-9,11-15,17H,3,10,16H2,1-2H3,(H,24,27). The number of hydrogen-bond acceptors (Lipinski definition) is 4. The summed E-state index contributed by atoms with van der Waals surface area (Å²) in [5, 5.41) is 7.41. The van der Waals surface area contributed by atoms with E-state index in [1.54, 1.807) is 10.7 Å². The van der Waals surface area contributed by atoms with Crippen LogP contribution in [0.4, 0.5) is 0 Å². The Morgan fingerprint density at radius 2 is 1.72 bits per heavy atom. The van der Waals surface area contributed by atoms with Crippen LogP contribution in [0.3, 0.4) is 0 Å². The highest BCUT2D eigenvalue weighted by molar-refractivity contribution is 5.91. The van der Waals surface area contributed by atoms with Gasteiger partial charge in [0.1, 0.15) is 0 Å². The third-order valence-electron chi connectivity index (χ3n) is 4.45. The Kier molecular flexibility index (Phi) is 6.79. The van der Waals surface area contributed by atoms with Crippen molar-refractivity contribution in [2.24, 2.45) is 0 Å². The predicted molar refractivity (Wildman–Crippen MR) is 112 cm³/mol. The molecule has 1 atom stereocenters. The zero-order chi connectivity index (χ0) is 20.6. The smallest absolute Gasteiger partial charge is 0.357 e. The van der Waals surface area contributed by atoms with Gasteiger partial charge in [0.15, 0.2) is 12.3 Å². The lowest BCUT2D eigenvalue weighted by atomic mass is 10.1. The van der Waals surface area contributed by atoms with E-state index in [1.807, 2.05) is 67.6 Å². The van der Waals surface area contributed by atoms with Crippen molar-refractivity contribution < 1.29 is 14.3 Å². The zero-order valence-electron chi connectivity index (χ0n) is 16.7. The maximum Gasteiger partial charge on any atom is 0.357 e. The van der Waals surface area contributed by atoms with E-state index < -0.39 is 5.97 Å². The third-order valence-corrected chi connectivity index (χ3v) is 4.45. The average molecular weight is 391 g/mol. The molecule has 29 heavy (non-hydrogen) atoms. The second-order valence-corrected chi connectivity index (χ2v) is 6.86. The number of nitrogens with one attached hydrogen (secondary N) is 1. The van der Waals surface area contributed by atoms with Gasteiger partial charge in [0, 0.05) is 11.6 Å². The van der Waals surface area contributed by atoms with E-state index in [-0.39, 0.29) is 24.2 Å². The summed E-state index contributed by atoms with van der Waals surface area (Å²) in [7, 11) is 0. The zero-order valence-corrected chi connectivity index (χ0v) is 16.7. The lowest BCUT2D eigenvalue weighted by Gasteiger charge is -2.13. The molecular formula is C23H25N3O3. The van der Waals surface area contributed by atoms with Crippen LogP contribution in [0.15, 0.2) is 66.7 Å². The van der Waals surface area contributed by atoms with E-state index >= 15 is 0 Å². The summed E-state index contributed by atoms with van der Waals surface area (Å²) < 4.78 is 6.81. The third kappa shape index (κ3) is 5.31. The Bertz CT molecular complexity index is 952. The number of ether oxygens (including phenoxy) is 1. The molecule has 6 nitrogen and oxygen atoms in total. The van der Waals surface area contributed by atoms with E-state index in [9.17, 15) is 9.59 Å². The number of hydrogen-bond donors (Lipinski definition) is 1.